The van der Waals surface area contributed by atoms with Crippen LogP contribution < -0.4 is 9.64 Å². The molecule has 3 aromatic rings. The second-order valence-corrected chi connectivity index (χ2v) is 9.13. The van der Waals surface area contributed by atoms with Gasteiger partial charge in [-0.3, -0.25) is 9.69 Å². The van der Waals surface area contributed by atoms with Gasteiger partial charge in [0.25, 0.3) is 5.91 Å². The summed E-state index contributed by atoms with van der Waals surface area (Å²) in [5.41, 5.74) is 1.67. The Morgan fingerprint density at radius 3 is 2.62 bits per heavy atom. The summed E-state index contributed by atoms with van der Waals surface area (Å²) in [6, 6.07) is 19.7. The van der Waals surface area contributed by atoms with Crippen molar-refractivity contribution in [1.29, 1.82) is 0 Å². The van der Waals surface area contributed by atoms with Crippen molar-refractivity contribution in [1.82, 2.24) is 0 Å². The molecule has 0 bridgehead atoms. The lowest BCUT2D eigenvalue weighted by Crippen LogP contribution is -2.27. The molecule has 6 heteroatoms. The monoisotopic (exact) mass is 483 g/mol. The maximum atomic E-state index is 13.2. The summed E-state index contributed by atoms with van der Waals surface area (Å²) in [4.78, 5) is 15.3. The summed E-state index contributed by atoms with van der Waals surface area (Å²) in [5, 5.41) is 2.15. The van der Waals surface area contributed by atoms with Gasteiger partial charge in [0, 0.05) is 10.0 Å². The number of anilines is 1. The topological polar surface area (TPSA) is 29.5 Å². The van der Waals surface area contributed by atoms with Gasteiger partial charge >= 0.3 is 0 Å². The molecule has 0 spiro atoms. The molecule has 0 atom stereocenters. The van der Waals surface area contributed by atoms with E-state index in [-0.39, 0.29) is 5.91 Å². The average Bonchev–Trinajstić information content (AvgIpc) is 3.01. The number of hydrogen-bond donors (Lipinski definition) is 0. The minimum Gasteiger partial charge on any atom is -0.493 e. The van der Waals surface area contributed by atoms with E-state index in [2.05, 4.69) is 35.0 Å². The molecule has 3 aromatic carbocycles. The van der Waals surface area contributed by atoms with Crippen molar-refractivity contribution in [3.63, 3.8) is 0 Å². The molecule has 0 aromatic heterocycles. The highest BCUT2D eigenvalue weighted by Crippen LogP contribution is 2.39. The molecule has 146 valence electrons. The third-order valence-electron chi connectivity index (χ3n) is 4.55. The number of thiocarbonyl (C=S) groups is 1. The van der Waals surface area contributed by atoms with Gasteiger partial charge in [-0.25, -0.2) is 0 Å². The van der Waals surface area contributed by atoms with Gasteiger partial charge in [-0.15, -0.1) is 0 Å². The molecule has 0 radical (unpaired) electrons. The quantitative estimate of drug-likeness (QED) is 0.294. The first-order chi connectivity index (χ1) is 14.1. The zero-order valence-corrected chi connectivity index (χ0v) is 18.9. The van der Waals surface area contributed by atoms with Crippen LogP contribution in [0.3, 0.4) is 0 Å². The smallest absolute Gasteiger partial charge is 0.270 e. The van der Waals surface area contributed by atoms with Crippen molar-refractivity contribution in [2.45, 2.75) is 13.3 Å². The lowest BCUT2D eigenvalue weighted by Gasteiger charge is -2.14. The van der Waals surface area contributed by atoms with Crippen LogP contribution in [0, 0.1) is 0 Å². The SMILES string of the molecule is CCCOc1ccc2ccccc2c1/C=C1\SC(=S)N(c2ccc(Br)cc2)C1=O. The number of carbonyl (C=O) groups is 1. The third-order valence-corrected chi connectivity index (χ3v) is 6.38. The first-order valence-electron chi connectivity index (χ1n) is 9.26. The molecule has 0 saturated carbocycles. The highest BCUT2D eigenvalue weighted by atomic mass is 79.9. The third kappa shape index (κ3) is 4.10. The van der Waals surface area contributed by atoms with Gasteiger partial charge in [0.15, 0.2) is 4.32 Å². The van der Waals surface area contributed by atoms with E-state index < -0.39 is 0 Å². The Morgan fingerprint density at radius 1 is 1.10 bits per heavy atom. The predicted molar refractivity (Wildman–Crippen MR) is 130 cm³/mol. The largest absolute Gasteiger partial charge is 0.493 e. The Hall–Kier alpha value is -2.15. The van der Waals surface area contributed by atoms with Crippen molar-refractivity contribution >= 4 is 72.7 Å². The van der Waals surface area contributed by atoms with Crippen molar-refractivity contribution in [3.05, 3.63) is 75.6 Å². The highest BCUT2D eigenvalue weighted by Gasteiger charge is 2.33. The van der Waals surface area contributed by atoms with Gasteiger partial charge in [0.2, 0.25) is 0 Å². The number of benzene rings is 3. The van der Waals surface area contributed by atoms with E-state index in [1.165, 1.54) is 11.8 Å². The molecular weight excluding hydrogens is 466 g/mol. The summed E-state index contributed by atoms with van der Waals surface area (Å²) in [6.45, 7) is 2.70. The molecule has 1 aliphatic heterocycles. The van der Waals surface area contributed by atoms with Crippen LogP contribution >= 0.6 is 39.9 Å². The van der Waals surface area contributed by atoms with Gasteiger partial charge < -0.3 is 4.74 Å². The fourth-order valence-electron chi connectivity index (χ4n) is 3.17. The first-order valence-corrected chi connectivity index (χ1v) is 11.3. The fraction of sp³-hybridized carbons (Fsp3) is 0.130. The lowest BCUT2D eigenvalue weighted by atomic mass is 10.0. The zero-order chi connectivity index (χ0) is 20.4. The predicted octanol–water partition coefficient (Wildman–Crippen LogP) is 6.80. The molecular formula is C23H18BrNO2S2. The van der Waals surface area contributed by atoms with E-state index in [0.717, 1.165) is 38.7 Å². The number of amides is 1. The Labute approximate surface area is 187 Å². The number of nitrogens with zero attached hydrogens (tertiary/aromatic N) is 1. The fourth-order valence-corrected chi connectivity index (χ4v) is 4.72. The Kier molecular flexibility index (Phi) is 6.04. The van der Waals surface area contributed by atoms with Crippen LogP contribution in [0.4, 0.5) is 5.69 Å². The molecule has 3 nitrogen and oxygen atoms in total. The molecule has 0 N–H and O–H groups in total. The maximum Gasteiger partial charge on any atom is 0.270 e. The van der Waals surface area contributed by atoms with Crippen LogP contribution in [0.5, 0.6) is 5.75 Å². The zero-order valence-electron chi connectivity index (χ0n) is 15.7. The molecule has 1 amide bonds. The van der Waals surface area contributed by atoms with Crippen molar-refractivity contribution in [2.75, 3.05) is 11.5 Å². The Morgan fingerprint density at radius 2 is 1.86 bits per heavy atom. The summed E-state index contributed by atoms with van der Waals surface area (Å²) >= 11 is 10.3. The van der Waals surface area contributed by atoms with Gasteiger partial charge in [0.1, 0.15) is 5.75 Å². The molecule has 1 saturated heterocycles. The molecule has 0 aliphatic carbocycles. The van der Waals surface area contributed by atoms with Crippen LogP contribution in [-0.2, 0) is 4.79 Å². The van der Waals surface area contributed by atoms with Gasteiger partial charge in [-0.2, -0.15) is 0 Å². The van der Waals surface area contributed by atoms with Crippen LogP contribution in [0.25, 0.3) is 16.8 Å². The number of hydrogen-bond acceptors (Lipinski definition) is 4. The normalized spacial score (nSPS) is 15.5. The second kappa shape index (κ2) is 8.69. The van der Waals surface area contributed by atoms with Crippen molar-refractivity contribution in [3.8, 4) is 5.75 Å². The van der Waals surface area contributed by atoms with Crippen molar-refractivity contribution in [2.24, 2.45) is 0 Å². The summed E-state index contributed by atoms with van der Waals surface area (Å²) in [6.07, 6.45) is 2.82. The minimum atomic E-state index is -0.114. The molecule has 1 aliphatic rings. The van der Waals surface area contributed by atoms with E-state index in [1.807, 2.05) is 54.6 Å². The maximum absolute atomic E-state index is 13.2. The van der Waals surface area contributed by atoms with Gasteiger partial charge in [0.05, 0.1) is 17.2 Å². The van der Waals surface area contributed by atoms with E-state index >= 15 is 0 Å². The molecule has 4 rings (SSSR count). The van der Waals surface area contributed by atoms with Gasteiger partial charge in [-0.1, -0.05) is 77.2 Å². The molecule has 0 unspecified atom stereocenters. The summed E-state index contributed by atoms with van der Waals surface area (Å²) in [5.74, 6) is 0.663. The number of fused-ring (bicyclic) bond motifs is 1. The van der Waals surface area contributed by atoms with E-state index in [9.17, 15) is 4.79 Å². The molecule has 29 heavy (non-hydrogen) atoms. The second-order valence-electron chi connectivity index (χ2n) is 6.54. The number of rotatable bonds is 5. The van der Waals surface area contributed by atoms with Gasteiger partial charge in [-0.05, 0) is 53.6 Å². The van der Waals surface area contributed by atoms with Crippen LogP contribution in [0.1, 0.15) is 18.9 Å². The lowest BCUT2D eigenvalue weighted by molar-refractivity contribution is -0.113. The van der Waals surface area contributed by atoms with Crippen molar-refractivity contribution < 1.29 is 9.53 Å². The average molecular weight is 484 g/mol. The van der Waals surface area contributed by atoms with Crippen LogP contribution in [0.15, 0.2) is 70.0 Å². The van der Waals surface area contributed by atoms with E-state index in [1.54, 1.807) is 4.90 Å². The summed E-state index contributed by atoms with van der Waals surface area (Å²) < 4.78 is 7.46. The van der Waals surface area contributed by atoms with E-state index in [0.29, 0.717) is 15.8 Å². The Balaban J connectivity index is 1.77. The van der Waals surface area contributed by atoms with Crippen LogP contribution in [0.2, 0.25) is 0 Å². The van der Waals surface area contributed by atoms with Crippen LogP contribution in [-0.4, -0.2) is 16.8 Å². The highest BCUT2D eigenvalue weighted by molar-refractivity contribution is 9.10. The minimum absolute atomic E-state index is 0.114. The Bertz CT molecular complexity index is 1130. The molecule has 1 fully saturated rings. The van der Waals surface area contributed by atoms with E-state index in [4.69, 9.17) is 17.0 Å². The number of thioether (sulfide) groups is 1. The number of halogens is 1. The summed E-state index contributed by atoms with van der Waals surface area (Å²) in [7, 11) is 0. The number of carbonyl (C=O) groups excluding carboxylic acids is 1. The number of ether oxygens (including phenoxy) is 1. The molecule has 1 heterocycles. The standard InChI is InChI=1S/C23H18BrNO2S2/c1-2-13-27-20-12-7-15-5-3-4-6-18(15)19(20)14-21-22(26)25(23(28)29-21)17-10-8-16(24)9-11-17/h3-12,14H,2,13H2,1H3/b21-14-. The first kappa shape index (κ1) is 20.1.